The van der Waals surface area contributed by atoms with Crippen molar-refractivity contribution in [1.29, 1.82) is 0 Å². The van der Waals surface area contributed by atoms with Gasteiger partial charge in [-0.05, 0) is 24.5 Å². The molecule has 3 heteroatoms. The van der Waals surface area contributed by atoms with Crippen LogP contribution < -0.4 is 10.6 Å². The van der Waals surface area contributed by atoms with Gasteiger partial charge in [0.2, 0.25) is 0 Å². The van der Waals surface area contributed by atoms with E-state index in [4.69, 9.17) is 0 Å². The Bertz CT molecular complexity index is 491. The molecule has 0 saturated heterocycles. The number of nitrogens with one attached hydrogen (secondary N) is 1. The molecule has 0 spiro atoms. The van der Waals surface area contributed by atoms with Gasteiger partial charge in [0.05, 0.1) is 11.5 Å². The summed E-state index contributed by atoms with van der Waals surface area (Å²) in [4.78, 5) is 4.47. The molecule has 0 aromatic carbocycles. The molecule has 0 aliphatic heterocycles. The highest BCUT2D eigenvalue weighted by Crippen LogP contribution is 1.99. The number of aromatic amines is 1. The lowest BCUT2D eigenvalue weighted by atomic mass is 10.1. The second-order valence-corrected chi connectivity index (χ2v) is 4.29. The van der Waals surface area contributed by atoms with Crippen LogP contribution in [0, 0.1) is 5.92 Å². The van der Waals surface area contributed by atoms with Crippen molar-refractivity contribution in [2.45, 2.75) is 20.8 Å². The van der Waals surface area contributed by atoms with Crippen LogP contribution >= 0.6 is 0 Å². The largest absolute Gasteiger partial charge is 0.289 e. The van der Waals surface area contributed by atoms with E-state index in [-0.39, 0.29) is 0 Å². The first-order valence-corrected chi connectivity index (χ1v) is 5.41. The molecule has 1 rings (SSSR count). The van der Waals surface area contributed by atoms with Gasteiger partial charge in [-0.1, -0.05) is 27.0 Å². The maximum absolute atomic E-state index is 4.47. The van der Waals surface area contributed by atoms with E-state index >= 15 is 0 Å². The molecule has 0 atom stereocenters. The molecule has 0 aliphatic rings. The van der Waals surface area contributed by atoms with Crippen LogP contribution in [0.4, 0.5) is 0 Å². The van der Waals surface area contributed by atoms with Gasteiger partial charge in [-0.3, -0.25) is 10.1 Å². The Labute approximate surface area is 96.3 Å². The standard InChI is InChI=1S/C13H19N3/c1-9(2)7-14-11(4)10(3)6-13-8-15-16-12(13)5/h6,8-9,16H,3,5,7H2,1-2,4H3/b13-6-,14-11?. The number of hydrogen-bond donors (Lipinski definition) is 1. The third kappa shape index (κ3) is 3.50. The molecule has 0 radical (unpaired) electrons. The van der Waals surface area contributed by atoms with Crippen LogP contribution in [-0.2, 0) is 0 Å². The zero-order valence-electron chi connectivity index (χ0n) is 10.2. The summed E-state index contributed by atoms with van der Waals surface area (Å²) in [6.45, 7) is 14.9. The molecule has 1 N–H and O–H groups in total. The maximum atomic E-state index is 4.47. The van der Waals surface area contributed by atoms with Crippen molar-refractivity contribution in [2.75, 3.05) is 6.54 Å². The minimum Gasteiger partial charge on any atom is -0.289 e. The van der Waals surface area contributed by atoms with Gasteiger partial charge in [-0.2, -0.15) is 5.10 Å². The van der Waals surface area contributed by atoms with E-state index in [0.717, 1.165) is 28.4 Å². The van der Waals surface area contributed by atoms with E-state index in [1.807, 2.05) is 13.0 Å². The van der Waals surface area contributed by atoms with Crippen LogP contribution in [0.1, 0.15) is 20.8 Å². The van der Waals surface area contributed by atoms with Crippen molar-refractivity contribution in [3.63, 3.8) is 0 Å². The predicted octanol–water partition coefficient (Wildman–Crippen LogP) is 1.27. The smallest absolute Gasteiger partial charge is 0.0578 e. The average molecular weight is 217 g/mol. The van der Waals surface area contributed by atoms with Gasteiger partial charge < -0.3 is 0 Å². The summed E-state index contributed by atoms with van der Waals surface area (Å²) in [7, 11) is 0. The summed E-state index contributed by atoms with van der Waals surface area (Å²) >= 11 is 0. The highest BCUT2D eigenvalue weighted by Gasteiger charge is 1.97. The van der Waals surface area contributed by atoms with Crippen LogP contribution in [0.3, 0.4) is 0 Å². The van der Waals surface area contributed by atoms with Gasteiger partial charge in [0, 0.05) is 17.5 Å². The van der Waals surface area contributed by atoms with Crippen molar-refractivity contribution in [3.05, 3.63) is 28.9 Å². The fourth-order valence-corrected chi connectivity index (χ4v) is 1.16. The molecule has 1 aromatic rings. The predicted molar refractivity (Wildman–Crippen MR) is 69.8 cm³/mol. The van der Waals surface area contributed by atoms with Crippen LogP contribution in [0.5, 0.6) is 0 Å². The number of hydrogen-bond acceptors (Lipinski definition) is 2. The fourth-order valence-electron chi connectivity index (χ4n) is 1.16. The molecule has 86 valence electrons. The first-order valence-electron chi connectivity index (χ1n) is 5.41. The Morgan fingerprint density at radius 3 is 2.81 bits per heavy atom. The topological polar surface area (TPSA) is 41.0 Å². The molecule has 16 heavy (non-hydrogen) atoms. The quantitative estimate of drug-likeness (QED) is 0.758. The van der Waals surface area contributed by atoms with E-state index in [2.05, 4.69) is 42.2 Å². The molecule has 0 aliphatic carbocycles. The summed E-state index contributed by atoms with van der Waals surface area (Å²) in [6.07, 6.45) is 3.69. The summed E-state index contributed by atoms with van der Waals surface area (Å²) in [5.41, 5.74) is 1.88. The minimum atomic E-state index is 0.570. The highest BCUT2D eigenvalue weighted by atomic mass is 15.1. The first kappa shape index (κ1) is 12.4. The Hall–Kier alpha value is -1.64. The Morgan fingerprint density at radius 1 is 1.62 bits per heavy atom. The van der Waals surface area contributed by atoms with Crippen molar-refractivity contribution >= 4 is 18.4 Å². The minimum absolute atomic E-state index is 0.570. The SMILES string of the molecule is C=C(/C=c1/cn[nH]c1=C)C(C)=NCC(C)C. The number of aromatic nitrogens is 2. The van der Waals surface area contributed by atoms with Gasteiger partial charge >= 0.3 is 0 Å². The summed E-state index contributed by atoms with van der Waals surface area (Å²) < 4.78 is 0. The third-order valence-electron chi connectivity index (χ3n) is 2.24. The van der Waals surface area contributed by atoms with Crippen molar-refractivity contribution in [1.82, 2.24) is 10.2 Å². The third-order valence-corrected chi connectivity index (χ3v) is 2.24. The average Bonchev–Trinajstić information content (AvgIpc) is 2.60. The number of allylic oxidation sites excluding steroid dienone is 1. The van der Waals surface area contributed by atoms with Gasteiger partial charge in [0.15, 0.2) is 0 Å². The fraction of sp³-hybridized carbons (Fsp3) is 0.385. The summed E-state index contributed by atoms with van der Waals surface area (Å²) in [5.74, 6) is 0.570. The molecule has 0 saturated carbocycles. The molecule has 0 unspecified atom stereocenters. The monoisotopic (exact) mass is 217 g/mol. The number of aliphatic imine (C=N–C) groups is 1. The number of H-pyrrole nitrogens is 1. The second-order valence-electron chi connectivity index (χ2n) is 4.29. The molecule has 0 bridgehead atoms. The molecular formula is C13H19N3. The summed E-state index contributed by atoms with van der Waals surface area (Å²) in [6, 6.07) is 0. The van der Waals surface area contributed by atoms with E-state index in [1.54, 1.807) is 6.20 Å². The maximum Gasteiger partial charge on any atom is 0.0578 e. The van der Waals surface area contributed by atoms with Crippen molar-refractivity contribution in [3.8, 4) is 0 Å². The lowest BCUT2D eigenvalue weighted by Gasteiger charge is -2.02. The van der Waals surface area contributed by atoms with Crippen LogP contribution in [-0.4, -0.2) is 22.5 Å². The Kier molecular flexibility index (Phi) is 4.23. The van der Waals surface area contributed by atoms with E-state index in [9.17, 15) is 0 Å². The number of nitrogens with zero attached hydrogens (tertiary/aromatic N) is 2. The van der Waals surface area contributed by atoms with Gasteiger partial charge in [-0.15, -0.1) is 0 Å². The Balaban J connectivity index is 2.85. The first-order chi connectivity index (χ1) is 7.50. The lowest BCUT2D eigenvalue weighted by molar-refractivity contribution is 0.665. The second kappa shape index (κ2) is 5.45. The molecule has 0 fully saturated rings. The van der Waals surface area contributed by atoms with Gasteiger partial charge in [0.1, 0.15) is 0 Å². The molecule has 1 aromatic heterocycles. The van der Waals surface area contributed by atoms with E-state index < -0.39 is 0 Å². The number of rotatable bonds is 4. The van der Waals surface area contributed by atoms with Crippen LogP contribution in [0.2, 0.25) is 0 Å². The highest BCUT2D eigenvalue weighted by molar-refractivity contribution is 6.04. The van der Waals surface area contributed by atoms with Gasteiger partial charge in [-0.25, -0.2) is 0 Å². The van der Waals surface area contributed by atoms with Crippen molar-refractivity contribution in [2.24, 2.45) is 10.9 Å². The molecular weight excluding hydrogens is 198 g/mol. The molecule has 0 amide bonds. The normalized spacial score (nSPS) is 13.5. The molecule has 3 nitrogen and oxygen atoms in total. The van der Waals surface area contributed by atoms with E-state index in [0.29, 0.717) is 5.92 Å². The van der Waals surface area contributed by atoms with Crippen molar-refractivity contribution < 1.29 is 0 Å². The zero-order valence-corrected chi connectivity index (χ0v) is 10.2. The van der Waals surface area contributed by atoms with Crippen LogP contribution in [0.25, 0.3) is 12.7 Å². The molecule has 1 heterocycles. The van der Waals surface area contributed by atoms with E-state index in [1.165, 1.54) is 0 Å². The van der Waals surface area contributed by atoms with Crippen LogP contribution in [0.15, 0.2) is 23.3 Å². The van der Waals surface area contributed by atoms with Gasteiger partial charge in [0.25, 0.3) is 0 Å². The lowest BCUT2D eigenvalue weighted by Crippen LogP contribution is -2.20. The summed E-state index contributed by atoms with van der Waals surface area (Å²) in [5, 5.41) is 8.46. The Morgan fingerprint density at radius 2 is 2.31 bits per heavy atom. The zero-order chi connectivity index (χ0) is 12.1.